The number of hydrogen-bond donors (Lipinski definition) is 2. The van der Waals surface area contributed by atoms with Gasteiger partial charge in [-0.05, 0) is 24.9 Å². The summed E-state index contributed by atoms with van der Waals surface area (Å²) < 4.78 is 8.46. The number of nitrogens with two attached hydrogens (primary N) is 1. The first-order chi connectivity index (χ1) is 6.77. The van der Waals surface area contributed by atoms with Gasteiger partial charge in [0.1, 0.15) is 0 Å². The van der Waals surface area contributed by atoms with Gasteiger partial charge in [-0.15, -0.1) is 0 Å². The number of carbonyl (C=O) groups is 1. The summed E-state index contributed by atoms with van der Waals surface area (Å²) in [5, 5.41) is 0. The Morgan fingerprint density at radius 2 is 1.50 bits per heavy atom. The maximum atomic E-state index is 10.4. The fraction of sp³-hybridized carbons (Fsp3) is 0.900. The van der Waals surface area contributed by atoms with Crippen LogP contribution >= 0.6 is 12.0 Å². The summed E-state index contributed by atoms with van der Waals surface area (Å²) in [7, 11) is 0. The third-order valence-electron chi connectivity index (χ3n) is 2.16. The van der Waals surface area contributed by atoms with Gasteiger partial charge in [0.05, 0.1) is 0 Å². The molecule has 0 aromatic rings. The monoisotopic (exact) mass is 219 g/mol. The summed E-state index contributed by atoms with van der Waals surface area (Å²) in [6.45, 7) is 0. The molecule has 0 aromatic heterocycles. The fourth-order valence-electron chi connectivity index (χ4n) is 1.35. The third kappa shape index (κ3) is 11.8. The minimum absolute atomic E-state index is 0.190. The molecule has 0 unspecified atom stereocenters. The zero-order valence-corrected chi connectivity index (χ0v) is 9.52. The first kappa shape index (κ1) is 13.8. The van der Waals surface area contributed by atoms with E-state index in [9.17, 15) is 4.79 Å². The second-order valence-electron chi connectivity index (χ2n) is 3.52. The number of rotatable bonds is 10. The Morgan fingerprint density at radius 1 is 1.00 bits per heavy atom. The number of amides is 1. The molecule has 0 spiro atoms. The minimum atomic E-state index is -0.190. The summed E-state index contributed by atoms with van der Waals surface area (Å²) in [5.74, 6) is 0.659. The van der Waals surface area contributed by atoms with Gasteiger partial charge in [0.25, 0.3) is 0 Å². The largest absolute Gasteiger partial charge is 0.370 e. The molecule has 84 valence electrons. The summed E-state index contributed by atoms with van der Waals surface area (Å²) >= 11 is 0.925. The molecule has 0 rings (SSSR count). The van der Waals surface area contributed by atoms with E-state index in [4.69, 9.17) is 10.3 Å². The van der Waals surface area contributed by atoms with Crippen molar-refractivity contribution in [3.05, 3.63) is 0 Å². The molecule has 0 heterocycles. The van der Waals surface area contributed by atoms with Crippen molar-refractivity contribution in [2.45, 2.75) is 51.4 Å². The molecular formula is C10H21NO2S. The van der Waals surface area contributed by atoms with Crippen LogP contribution in [0.15, 0.2) is 0 Å². The summed E-state index contributed by atoms with van der Waals surface area (Å²) in [5.41, 5.74) is 5.02. The Bertz CT molecular complexity index is 142. The molecule has 14 heavy (non-hydrogen) atoms. The Kier molecular flexibility index (Phi) is 10.7. The van der Waals surface area contributed by atoms with Crippen LogP contribution in [0.5, 0.6) is 0 Å². The van der Waals surface area contributed by atoms with Gasteiger partial charge in [-0.25, -0.2) is 0 Å². The van der Waals surface area contributed by atoms with E-state index in [0.29, 0.717) is 6.42 Å². The summed E-state index contributed by atoms with van der Waals surface area (Å²) in [6.07, 6.45) is 8.53. The number of carbonyl (C=O) groups excluding carboxylic acids is 1. The van der Waals surface area contributed by atoms with Gasteiger partial charge >= 0.3 is 0 Å². The topological polar surface area (TPSA) is 63.3 Å². The van der Waals surface area contributed by atoms with Crippen molar-refractivity contribution in [3.63, 3.8) is 0 Å². The molecule has 0 saturated heterocycles. The van der Waals surface area contributed by atoms with Crippen molar-refractivity contribution in [1.29, 1.82) is 0 Å². The first-order valence-corrected chi connectivity index (χ1v) is 6.26. The van der Waals surface area contributed by atoms with Crippen molar-refractivity contribution in [3.8, 4) is 0 Å². The molecule has 0 saturated carbocycles. The van der Waals surface area contributed by atoms with Crippen molar-refractivity contribution in [2.75, 3.05) is 5.75 Å². The van der Waals surface area contributed by atoms with Crippen LogP contribution in [-0.4, -0.2) is 16.2 Å². The van der Waals surface area contributed by atoms with E-state index in [0.717, 1.165) is 37.1 Å². The van der Waals surface area contributed by atoms with E-state index in [2.05, 4.69) is 0 Å². The quantitative estimate of drug-likeness (QED) is 0.438. The highest BCUT2D eigenvalue weighted by molar-refractivity contribution is 7.93. The van der Waals surface area contributed by atoms with Crippen LogP contribution in [0.1, 0.15) is 51.4 Å². The zero-order valence-electron chi connectivity index (χ0n) is 8.71. The van der Waals surface area contributed by atoms with Gasteiger partial charge in [0, 0.05) is 12.2 Å². The smallest absolute Gasteiger partial charge is 0.217 e. The standard InChI is InChI=1S/C10H21NO2S/c11-10(12)8-6-4-2-1-3-5-7-9-14-13/h13H,1-9H2,(H2,11,12). The molecule has 0 aliphatic heterocycles. The normalized spacial score (nSPS) is 10.4. The van der Waals surface area contributed by atoms with Crippen LogP contribution in [0.4, 0.5) is 0 Å². The van der Waals surface area contributed by atoms with E-state index >= 15 is 0 Å². The molecule has 1 amide bonds. The SMILES string of the molecule is NC(=O)CCCCCCCCCSO. The molecule has 0 fully saturated rings. The van der Waals surface area contributed by atoms with E-state index in [1.165, 1.54) is 25.7 Å². The average molecular weight is 219 g/mol. The van der Waals surface area contributed by atoms with Crippen molar-refractivity contribution in [2.24, 2.45) is 5.73 Å². The highest BCUT2D eigenvalue weighted by Gasteiger charge is 1.95. The van der Waals surface area contributed by atoms with E-state index in [1.54, 1.807) is 0 Å². The number of primary amides is 1. The first-order valence-electron chi connectivity index (χ1n) is 5.32. The third-order valence-corrected chi connectivity index (χ3v) is 2.63. The van der Waals surface area contributed by atoms with Crippen LogP contribution in [-0.2, 0) is 4.79 Å². The fourth-order valence-corrected chi connectivity index (χ4v) is 1.68. The molecule has 3 nitrogen and oxygen atoms in total. The Hall–Kier alpha value is -0.220. The molecule has 0 atom stereocenters. The van der Waals surface area contributed by atoms with Crippen molar-refractivity contribution < 1.29 is 9.35 Å². The van der Waals surface area contributed by atoms with Gasteiger partial charge in [0.2, 0.25) is 5.91 Å². The second-order valence-corrected chi connectivity index (χ2v) is 4.19. The van der Waals surface area contributed by atoms with Gasteiger partial charge < -0.3 is 10.3 Å². The zero-order chi connectivity index (χ0) is 10.6. The predicted molar refractivity (Wildman–Crippen MR) is 61.2 cm³/mol. The lowest BCUT2D eigenvalue weighted by molar-refractivity contribution is -0.118. The Balaban J connectivity index is 2.88. The highest BCUT2D eigenvalue weighted by atomic mass is 32.2. The van der Waals surface area contributed by atoms with Gasteiger partial charge in [0.15, 0.2) is 0 Å². The molecule has 4 heteroatoms. The van der Waals surface area contributed by atoms with E-state index < -0.39 is 0 Å². The molecule has 0 radical (unpaired) electrons. The molecule has 3 N–H and O–H groups in total. The lowest BCUT2D eigenvalue weighted by Crippen LogP contribution is -2.09. The van der Waals surface area contributed by atoms with Gasteiger partial charge in [-0.3, -0.25) is 4.79 Å². The molecular weight excluding hydrogens is 198 g/mol. The van der Waals surface area contributed by atoms with Crippen molar-refractivity contribution >= 4 is 17.9 Å². The maximum absolute atomic E-state index is 10.4. The van der Waals surface area contributed by atoms with Crippen LogP contribution in [0.2, 0.25) is 0 Å². The summed E-state index contributed by atoms with van der Waals surface area (Å²) in [4.78, 5) is 10.4. The van der Waals surface area contributed by atoms with Gasteiger partial charge in [-0.1, -0.05) is 32.1 Å². The van der Waals surface area contributed by atoms with Crippen LogP contribution < -0.4 is 5.73 Å². The average Bonchev–Trinajstić information content (AvgIpc) is 2.15. The van der Waals surface area contributed by atoms with Gasteiger partial charge in [-0.2, -0.15) is 0 Å². The molecule has 0 aliphatic carbocycles. The lowest BCUT2D eigenvalue weighted by atomic mass is 10.1. The molecule has 0 aromatic carbocycles. The number of hydrogen-bond acceptors (Lipinski definition) is 3. The lowest BCUT2D eigenvalue weighted by Gasteiger charge is -2.00. The van der Waals surface area contributed by atoms with E-state index in [1.807, 2.05) is 0 Å². The Morgan fingerprint density at radius 3 is 2.00 bits per heavy atom. The second kappa shape index (κ2) is 10.9. The van der Waals surface area contributed by atoms with Crippen molar-refractivity contribution in [1.82, 2.24) is 0 Å². The highest BCUT2D eigenvalue weighted by Crippen LogP contribution is 2.09. The minimum Gasteiger partial charge on any atom is -0.370 e. The Labute approximate surface area is 90.7 Å². The van der Waals surface area contributed by atoms with Crippen LogP contribution in [0.25, 0.3) is 0 Å². The van der Waals surface area contributed by atoms with Crippen LogP contribution in [0.3, 0.4) is 0 Å². The molecule has 0 bridgehead atoms. The predicted octanol–water partition coefficient (Wildman–Crippen LogP) is 2.80. The maximum Gasteiger partial charge on any atom is 0.217 e. The molecule has 0 aliphatic rings. The van der Waals surface area contributed by atoms with Crippen LogP contribution in [0, 0.1) is 0 Å². The number of unbranched alkanes of at least 4 members (excludes halogenated alkanes) is 6. The summed E-state index contributed by atoms with van der Waals surface area (Å²) in [6, 6.07) is 0. The van der Waals surface area contributed by atoms with E-state index in [-0.39, 0.29) is 5.91 Å².